The van der Waals surface area contributed by atoms with E-state index in [9.17, 15) is 4.79 Å². The molecule has 0 spiro atoms. The van der Waals surface area contributed by atoms with E-state index >= 15 is 0 Å². The van der Waals surface area contributed by atoms with Gasteiger partial charge in [-0.2, -0.15) is 0 Å². The van der Waals surface area contributed by atoms with Gasteiger partial charge < -0.3 is 9.64 Å². The summed E-state index contributed by atoms with van der Waals surface area (Å²) in [6.45, 7) is 4.76. The summed E-state index contributed by atoms with van der Waals surface area (Å²) >= 11 is 3.66. The molecule has 1 aliphatic heterocycles. The van der Waals surface area contributed by atoms with Gasteiger partial charge in [-0.15, -0.1) is 0 Å². The number of Topliss-reactive ketones (excluding diaryl/α,β-unsaturated/α-hetero) is 1. The van der Waals surface area contributed by atoms with Crippen molar-refractivity contribution >= 4 is 27.4 Å². The Labute approximate surface area is 182 Å². The highest BCUT2D eigenvalue weighted by Crippen LogP contribution is 2.36. The molecule has 4 nitrogen and oxygen atoms in total. The van der Waals surface area contributed by atoms with Crippen LogP contribution in [0.2, 0.25) is 0 Å². The van der Waals surface area contributed by atoms with Crippen molar-refractivity contribution < 1.29 is 9.53 Å². The molecule has 1 heterocycles. The second kappa shape index (κ2) is 9.31. The summed E-state index contributed by atoms with van der Waals surface area (Å²) in [6.07, 6.45) is 3.81. The van der Waals surface area contributed by atoms with Crippen molar-refractivity contribution in [1.82, 2.24) is 4.90 Å². The molecule has 0 amide bonds. The summed E-state index contributed by atoms with van der Waals surface area (Å²) in [4.78, 5) is 17.8. The van der Waals surface area contributed by atoms with Crippen molar-refractivity contribution in [2.75, 3.05) is 44.7 Å². The van der Waals surface area contributed by atoms with Crippen molar-refractivity contribution in [1.29, 1.82) is 0 Å². The van der Waals surface area contributed by atoms with Gasteiger partial charge in [0.2, 0.25) is 0 Å². The second-order valence-electron chi connectivity index (χ2n) is 7.97. The normalized spacial score (nSPS) is 19.7. The third-order valence-electron chi connectivity index (χ3n) is 6.31. The molecule has 1 atom stereocenters. The number of ketones is 1. The van der Waals surface area contributed by atoms with E-state index in [-0.39, 0.29) is 5.92 Å². The topological polar surface area (TPSA) is 32.8 Å². The number of rotatable bonds is 6. The predicted molar refractivity (Wildman–Crippen MR) is 121 cm³/mol. The number of hydrogen-bond donors (Lipinski definition) is 0. The van der Waals surface area contributed by atoms with Crippen LogP contribution in [0.1, 0.15) is 36.3 Å². The standard InChI is InChI=1S/C24H29BrN2O2/c1-29-24-11-3-2-10-22(24)27-16-14-26(15-17-27)13-12-23(28)20-8-4-7-19-18(20)6-5-9-21(19)25/h2-3,5-6,9-11,20H,4,7-8,12-17H2,1H3. The van der Waals surface area contributed by atoms with Crippen LogP contribution in [-0.4, -0.2) is 50.5 Å². The van der Waals surface area contributed by atoms with Gasteiger partial charge in [0.05, 0.1) is 12.8 Å². The highest BCUT2D eigenvalue weighted by atomic mass is 79.9. The van der Waals surface area contributed by atoms with E-state index in [4.69, 9.17) is 4.74 Å². The number of nitrogens with zero attached hydrogens (tertiary/aromatic N) is 2. The molecule has 0 N–H and O–H groups in total. The average molecular weight is 457 g/mol. The molecule has 154 valence electrons. The van der Waals surface area contributed by atoms with Gasteiger partial charge in [0, 0.05) is 49.5 Å². The van der Waals surface area contributed by atoms with Gasteiger partial charge in [-0.25, -0.2) is 0 Å². The molecule has 1 aliphatic carbocycles. The van der Waals surface area contributed by atoms with E-state index < -0.39 is 0 Å². The maximum Gasteiger partial charge on any atom is 0.142 e. The van der Waals surface area contributed by atoms with Gasteiger partial charge in [0.15, 0.2) is 0 Å². The highest BCUT2D eigenvalue weighted by molar-refractivity contribution is 9.10. The molecule has 0 radical (unpaired) electrons. The summed E-state index contributed by atoms with van der Waals surface area (Å²) in [6, 6.07) is 14.5. The van der Waals surface area contributed by atoms with Gasteiger partial charge in [0.25, 0.3) is 0 Å². The minimum Gasteiger partial charge on any atom is -0.495 e. The molecule has 1 unspecified atom stereocenters. The molecule has 5 heteroatoms. The lowest BCUT2D eigenvalue weighted by molar-refractivity contribution is -0.121. The van der Waals surface area contributed by atoms with Gasteiger partial charge in [-0.1, -0.05) is 40.2 Å². The number of carbonyl (C=O) groups excluding carboxylic acids is 1. The molecule has 29 heavy (non-hydrogen) atoms. The second-order valence-corrected chi connectivity index (χ2v) is 8.82. The molecule has 0 saturated carbocycles. The Bertz CT molecular complexity index is 862. The Morgan fingerprint density at radius 1 is 1.10 bits per heavy atom. The molecule has 2 aromatic carbocycles. The lowest BCUT2D eigenvalue weighted by atomic mass is 9.80. The van der Waals surface area contributed by atoms with E-state index in [1.54, 1.807) is 7.11 Å². The monoisotopic (exact) mass is 456 g/mol. The summed E-state index contributed by atoms with van der Waals surface area (Å²) in [5.41, 5.74) is 3.74. The summed E-state index contributed by atoms with van der Waals surface area (Å²) in [5.74, 6) is 1.40. The van der Waals surface area contributed by atoms with Gasteiger partial charge in [-0.3, -0.25) is 9.69 Å². The molecule has 0 bridgehead atoms. The van der Waals surface area contributed by atoms with Crippen LogP contribution < -0.4 is 9.64 Å². The number of fused-ring (bicyclic) bond motifs is 1. The van der Waals surface area contributed by atoms with Gasteiger partial charge >= 0.3 is 0 Å². The average Bonchev–Trinajstić information content (AvgIpc) is 2.78. The molecular weight excluding hydrogens is 428 g/mol. The Hall–Kier alpha value is -1.85. The molecule has 1 saturated heterocycles. The maximum atomic E-state index is 13.0. The quantitative estimate of drug-likeness (QED) is 0.632. The zero-order valence-corrected chi connectivity index (χ0v) is 18.7. The number of hydrogen-bond acceptors (Lipinski definition) is 4. The first-order valence-corrected chi connectivity index (χ1v) is 11.4. The number of para-hydroxylation sites is 2. The smallest absolute Gasteiger partial charge is 0.142 e. The van der Waals surface area contributed by atoms with Crippen molar-refractivity contribution in [2.24, 2.45) is 0 Å². The molecule has 4 rings (SSSR count). The van der Waals surface area contributed by atoms with Crippen molar-refractivity contribution in [3.8, 4) is 5.75 Å². The fourth-order valence-corrected chi connectivity index (χ4v) is 5.26. The summed E-state index contributed by atoms with van der Waals surface area (Å²) < 4.78 is 6.66. The molecule has 2 aliphatic rings. The van der Waals surface area contributed by atoms with Crippen molar-refractivity contribution in [2.45, 2.75) is 31.6 Å². The minimum absolute atomic E-state index is 0.0751. The van der Waals surface area contributed by atoms with Crippen LogP contribution in [0.25, 0.3) is 0 Å². The van der Waals surface area contributed by atoms with Crippen LogP contribution in [0.15, 0.2) is 46.9 Å². The van der Waals surface area contributed by atoms with Crippen LogP contribution in [0.4, 0.5) is 5.69 Å². The number of methoxy groups -OCH3 is 1. The van der Waals surface area contributed by atoms with Gasteiger partial charge in [0.1, 0.15) is 11.5 Å². The third-order valence-corrected chi connectivity index (χ3v) is 7.05. The summed E-state index contributed by atoms with van der Waals surface area (Å²) in [7, 11) is 1.72. The fourth-order valence-electron chi connectivity index (χ4n) is 4.68. The number of anilines is 1. The Kier molecular flexibility index (Phi) is 6.56. The molecule has 2 aromatic rings. The first-order chi connectivity index (χ1) is 14.2. The van der Waals surface area contributed by atoms with E-state index in [0.29, 0.717) is 12.2 Å². The maximum absolute atomic E-state index is 13.0. The van der Waals surface area contributed by atoms with E-state index in [2.05, 4.69) is 56.1 Å². The number of benzene rings is 2. The first-order valence-electron chi connectivity index (χ1n) is 10.6. The molecule has 0 aromatic heterocycles. The number of carbonyl (C=O) groups is 1. The minimum atomic E-state index is 0.0751. The zero-order chi connectivity index (χ0) is 20.2. The third kappa shape index (κ3) is 4.51. The van der Waals surface area contributed by atoms with E-state index in [1.165, 1.54) is 11.1 Å². The van der Waals surface area contributed by atoms with E-state index in [0.717, 1.165) is 67.9 Å². The van der Waals surface area contributed by atoms with Crippen LogP contribution in [-0.2, 0) is 11.2 Å². The first kappa shape index (κ1) is 20.4. The van der Waals surface area contributed by atoms with Crippen LogP contribution >= 0.6 is 15.9 Å². The Morgan fingerprint density at radius 2 is 1.90 bits per heavy atom. The Morgan fingerprint density at radius 3 is 2.69 bits per heavy atom. The SMILES string of the molecule is COc1ccccc1N1CCN(CCC(=O)C2CCCc3c(Br)cccc32)CC1. The molecular formula is C24H29BrN2O2. The largest absolute Gasteiger partial charge is 0.495 e. The van der Waals surface area contributed by atoms with Crippen LogP contribution in [0.5, 0.6) is 5.75 Å². The summed E-state index contributed by atoms with van der Waals surface area (Å²) in [5, 5.41) is 0. The van der Waals surface area contributed by atoms with Gasteiger partial charge in [-0.05, 0) is 48.6 Å². The van der Waals surface area contributed by atoms with Crippen molar-refractivity contribution in [3.05, 3.63) is 58.1 Å². The lowest BCUT2D eigenvalue weighted by Gasteiger charge is -2.36. The number of ether oxygens (including phenoxy) is 1. The zero-order valence-electron chi connectivity index (χ0n) is 17.1. The van der Waals surface area contributed by atoms with E-state index in [1.807, 2.05) is 12.1 Å². The number of halogens is 1. The Balaban J connectivity index is 1.31. The van der Waals surface area contributed by atoms with Crippen LogP contribution in [0.3, 0.4) is 0 Å². The molecule has 1 fully saturated rings. The number of piperazine rings is 1. The van der Waals surface area contributed by atoms with Crippen molar-refractivity contribution in [3.63, 3.8) is 0 Å². The lowest BCUT2D eigenvalue weighted by Crippen LogP contribution is -2.47. The predicted octanol–water partition coefficient (Wildman–Crippen LogP) is 4.66. The van der Waals surface area contributed by atoms with Crippen LogP contribution in [0, 0.1) is 0 Å². The highest BCUT2D eigenvalue weighted by Gasteiger charge is 2.28. The fraction of sp³-hybridized carbons (Fsp3) is 0.458.